The molecule has 0 amide bonds. The van der Waals surface area contributed by atoms with Gasteiger partial charge in [0.25, 0.3) is 0 Å². The monoisotopic (exact) mass is 401 g/mol. The number of aryl methyl sites for hydroxylation is 1. The Labute approximate surface area is 170 Å². The van der Waals surface area contributed by atoms with Crippen LogP contribution in [-0.4, -0.2) is 53.1 Å². The second-order valence-corrected chi connectivity index (χ2v) is 7.31. The van der Waals surface area contributed by atoms with Crippen LogP contribution in [0.1, 0.15) is 25.2 Å². The molecule has 7 nitrogen and oxygen atoms in total. The van der Waals surface area contributed by atoms with Crippen LogP contribution in [0.15, 0.2) is 35.6 Å². The minimum absolute atomic E-state index is 0.168. The molecule has 1 aromatic carbocycles. The summed E-state index contributed by atoms with van der Waals surface area (Å²) in [6.07, 6.45) is 3.38. The second-order valence-electron chi connectivity index (χ2n) is 7.31. The Balaban J connectivity index is 1.75. The first-order valence-electron chi connectivity index (χ1n) is 9.84. The van der Waals surface area contributed by atoms with E-state index in [9.17, 15) is 9.18 Å². The molecule has 2 aromatic rings. The number of nitrogens with zero attached hydrogens (tertiary/aromatic N) is 4. The molecule has 1 aliphatic rings. The van der Waals surface area contributed by atoms with Crippen molar-refractivity contribution in [3.05, 3.63) is 47.8 Å². The van der Waals surface area contributed by atoms with Crippen LogP contribution in [0.5, 0.6) is 0 Å². The zero-order valence-corrected chi connectivity index (χ0v) is 17.4. The number of guanidine groups is 1. The van der Waals surface area contributed by atoms with Gasteiger partial charge in [-0.15, -0.1) is 0 Å². The SMILES string of the molecule is CCNC(=NCc1ccc(-n2ccnc2C)c(F)c1)N1CC(C)C(C(=O)OC)C1. The highest BCUT2D eigenvalue weighted by Gasteiger charge is 2.36. The Morgan fingerprint density at radius 3 is 2.83 bits per heavy atom. The zero-order chi connectivity index (χ0) is 21.0. The van der Waals surface area contributed by atoms with Crippen molar-refractivity contribution in [3.63, 3.8) is 0 Å². The number of nitrogens with one attached hydrogen (secondary N) is 1. The predicted molar refractivity (Wildman–Crippen MR) is 109 cm³/mol. The quantitative estimate of drug-likeness (QED) is 0.474. The molecule has 3 rings (SSSR count). The lowest BCUT2D eigenvalue weighted by Crippen LogP contribution is -2.40. The van der Waals surface area contributed by atoms with Gasteiger partial charge in [-0.25, -0.2) is 14.4 Å². The topological polar surface area (TPSA) is 71.8 Å². The summed E-state index contributed by atoms with van der Waals surface area (Å²) in [5, 5.41) is 3.27. The van der Waals surface area contributed by atoms with Crippen molar-refractivity contribution in [2.75, 3.05) is 26.7 Å². The van der Waals surface area contributed by atoms with E-state index < -0.39 is 0 Å². The number of halogens is 1. The van der Waals surface area contributed by atoms with E-state index in [4.69, 9.17) is 4.74 Å². The van der Waals surface area contributed by atoms with E-state index in [1.165, 1.54) is 13.2 Å². The summed E-state index contributed by atoms with van der Waals surface area (Å²) >= 11 is 0. The molecule has 0 saturated carbocycles. The van der Waals surface area contributed by atoms with Crippen LogP contribution in [0.4, 0.5) is 4.39 Å². The molecule has 0 spiro atoms. The van der Waals surface area contributed by atoms with Crippen molar-refractivity contribution in [2.24, 2.45) is 16.8 Å². The Morgan fingerprint density at radius 1 is 1.41 bits per heavy atom. The maximum Gasteiger partial charge on any atom is 0.310 e. The summed E-state index contributed by atoms with van der Waals surface area (Å²) in [6.45, 7) is 8.20. The van der Waals surface area contributed by atoms with Gasteiger partial charge in [0, 0.05) is 32.0 Å². The Hall–Kier alpha value is -2.90. The largest absolute Gasteiger partial charge is 0.469 e. The number of imidazole rings is 1. The number of hydrogen-bond acceptors (Lipinski definition) is 4. The number of rotatable bonds is 5. The number of aromatic nitrogens is 2. The molecule has 1 N–H and O–H groups in total. The van der Waals surface area contributed by atoms with Crippen molar-refractivity contribution in [1.82, 2.24) is 19.8 Å². The predicted octanol–water partition coefficient (Wildman–Crippen LogP) is 2.53. The van der Waals surface area contributed by atoms with Crippen LogP contribution in [0.3, 0.4) is 0 Å². The minimum atomic E-state index is -0.315. The molecule has 0 bridgehead atoms. The van der Waals surface area contributed by atoms with Gasteiger partial charge in [0.05, 0.1) is 25.3 Å². The fraction of sp³-hybridized carbons (Fsp3) is 0.476. The number of carbonyl (C=O) groups excluding carboxylic acids is 1. The van der Waals surface area contributed by atoms with Gasteiger partial charge in [-0.3, -0.25) is 4.79 Å². The van der Waals surface area contributed by atoms with Crippen LogP contribution in [0, 0.1) is 24.6 Å². The van der Waals surface area contributed by atoms with Crippen molar-refractivity contribution < 1.29 is 13.9 Å². The number of carbonyl (C=O) groups is 1. The molecule has 2 atom stereocenters. The maximum absolute atomic E-state index is 14.6. The molecular formula is C21H28FN5O2. The van der Waals surface area contributed by atoms with Crippen LogP contribution < -0.4 is 5.32 Å². The molecule has 1 fully saturated rings. The molecule has 1 aromatic heterocycles. The van der Waals surface area contributed by atoms with Gasteiger partial charge in [0.15, 0.2) is 5.96 Å². The first-order valence-corrected chi connectivity index (χ1v) is 9.84. The van der Waals surface area contributed by atoms with Gasteiger partial charge in [0.1, 0.15) is 11.6 Å². The lowest BCUT2D eigenvalue weighted by Gasteiger charge is -2.21. The average molecular weight is 401 g/mol. The molecule has 2 unspecified atom stereocenters. The minimum Gasteiger partial charge on any atom is -0.469 e. The summed E-state index contributed by atoms with van der Waals surface area (Å²) in [7, 11) is 1.42. The number of likely N-dealkylation sites (tertiary alicyclic amines) is 1. The highest BCUT2D eigenvalue weighted by molar-refractivity contribution is 5.82. The third-order valence-corrected chi connectivity index (χ3v) is 5.26. The molecule has 29 heavy (non-hydrogen) atoms. The van der Waals surface area contributed by atoms with Crippen molar-refractivity contribution in [2.45, 2.75) is 27.3 Å². The van der Waals surface area contributed by atoms with E-state index >= 15 is 0 Å². The number of aliphatic imine (C=N–C) groups is 1. The number of ether oxygens (including phenoxy) is 1. The van der Waals surface area contributed by atoms with Crippen LogP contribution in [0.25, 0.3) is 5.69 Å². The van der Waals surface area contributed by atoms with E-state index in [0.29, 0.717) is 25.3 Å². The maximum atomic E-state index is 14.6. The highest BCUT2D eigenvalue weighted by Crippen LogP contribution is 2.24. The van der Waals surface area contributed by atoms with E-state index in [1.807, 2.05) is 26.8 Å². The molecule has 156 valence electrons. The fourth-order valence-corrected chi connectivity index (χ4v) is 3.67. The molecule has 2 heterocycles. The van der Waals surface area contributed by atoms with Gasteiger partial charge < -0.3 is 19.5 Å². The summed E-state index contributed by atoms with van der Waals surface area (Å²) in [5.41, 5.74) is 1.24. The standard InChI is InChI=1S/C21H28FN5O2/c1-5-23-21(26-12-14(2)17(13-26)20(28)29-4)25-11-16-6-7-19(18(22)10-16)27-9-8-24-15(27)3/h6-10,14,17H,5,11-13H2,1-4H3,(H,23,25). The highest BCUT2D eigenvalue weighted by atomic mass is 19.1. The molecular weight excluding hydrogens is 373 g/mol. The molecule has 1 aliphatic heterocycles. The summed E-state index contributed by atoms with van der Waals surface area (Å²) in [4.78, 5) is 22.8. The van der Waals surface area contributed by atoms with E-state index in [-0.39, 0.29) is 23.6 Å². The molecule has 0 radical (unpaired) electrons. The Bertz CT molecular complexity index is 895. The summed E-state index contributed by atoms with van der Waals surface area (Å²) < 4.78 is 21.2. The van der Waals surface area contributed by atoms with Crippen molar-refractivity contribution in [1.29, 1.82) is 0 Å². The van der Waals surface area contributed by atoms with E-state index in [2.05, 4.69) is 20.2 Å². The van der Waals surface area contributed by atoms with Crippen LogP contribution >= 0.6 is 0 Å². The Morgan fingerprint density at radius 2 is 2.21 bits per heavy atom. The molecule has 1 saturated heterocycles. The van der Waals surface area contributed by atoms with Gasteiger partial charge in [-0.2, -0.15) is 0 Å². The van der Waals surface area contributed by atoms with E-state index in [0.717, 1.165) is 23.9 Å². The van der Waals surface area contributed by atoms with E-state index in [1.54, 1.807) is 23.0 Å². The van der Waals surface area contributed by atoms with Gasteiger partial charge in [-0.1, -0.05) is 13.0 Å². The summed E-state index contributed by atoms with van der Waals surface area (Å²) in [5.74, 6) is 0.959. The molecule has 0 aliphatic carbocycles. The lowest BCUT2D eigenvalue weighted by atomic mass is 9.99. The summed E-state index contributed by atoms with van der Waals surface area (Å²) in [6, 6.07) is 5.12. The van der Waals surface area contributed by atoms with Crippen molar-refractivity contribution >= 4 is 11.9 Å². The number of methoxy groups -OCH3 is 1. The Kier molecular flexibility index (Phi) is 6.51. The van der Waals surface area contributed by atoms with Crippen molar-refractivity contribution in [3.8, 4) is 5.69 Å². The lowest BCUT2D eigenvalue weighted by molar-refractivity contribution is -0.145. The zero-order valence-electron chi connectivity index (χ0n) is 17.4. The van der Waals surface area contributed by atoms with Gasteiger partial charge in [0.2, 0.25) is 0 Å². The number of esters is 1. The van der Waals surface area contributed by atoms with Gasteiger partial charge >= 0.3 is 5.97 Å². The van der Waals surface area contributed by atoms with Crippen LogP contribution in [0.2, 0.25) is 0 Å². The first kappa shape index (κ1) is 20.8. The smallest absolute Gasteiger partial charge is 0.310 e. The fourth-order valence-electron chi connectivity index (χ4n) is 3.67. The number of hydrogen-bond donors (Lipinski definition) is 1. The number of benzene rings is 1. The first-order chi connectivity index (χ1) is 13.9. The van der Waals surface area contributed by atoms with Crippen LogP contribution in [-0.2, 0) is 16.1 Å². The van der Waals surface area contributed by atoms with Gasteiger partial charge in [-0.05, 0) is 37.5 Å². The third kappa shape index (κ3) is 4.58. The normalized spacial score (nSPS) is 19.5. The molecule has 8 heteroatoms. The third-order valence-electron chi connectivity index (χ3n) is 5.26. The second kappa shape index (κ2) is 9.07. The average Bonchev–Trinajstić information content (AvgIpc) is 3.30.